The van der Waals surface area contributed by atoms with Crippen molar-refractivity contribution < 1.29 is 4.39 Å². The molecule has 0 aliphatic heterocycles. The number of hydrogen-bond donors (Lipinski definition) is 2. The molecule has 0 saturated heterocycles. The first kappa shape index (κ1) is 10.5. The second kappa shape index (κ2) is 3.99. The highest BCUT2D eigenvalue weighted by atomic mass is 19.1. The van der Waals surface area contributed by atoms with Gasteiger partial charge in [0, 0.05) is 18.0 Å². The van der Waals surface area contributed by atoms with Crippen LogP contribution < -0.4 is 5.73 Å². The summed E-state index contributed by atoms with van der Waals surface area (Å²) in [6.45, 7) is 0. The molecule has 0 aliphatic rings. The van der Waals surface area contributed by atoms with Crippen molar-refractivity contribution in [1.82, 2.24) is 20.0 Å². The van der Waals surface area contributed by atoms with Crippen molar-refractivity contribution in [3.8, 4) is 16.8 Å². The Kier molecular flexibility index (Phi) is 2.33. The van der Waals surface area contributed by atoms with Crippen molar-refractivity contribution in [2.45, 2.75) is 0 Å². The van der Waals surface area contributed by atoms with Crippen molar-refractivity contribution in [2.75, 3.05) is 5.73 Å². The van der Waals surface area contributed by atoms with Gasteiger partial charge < -0.3 is 5.73 Å². The van der Waals surface area contributed by atoms with E-state index < -0.39 is 0 Å². The normalized spacial score (nSPS) is 10.7. The number of hydrogen-bond acceptors (Lipinski definition) is 3. The summed E-state index contributed by atoms with van der Waals surface area (Å²) in [5, 5.41) is 10.4. The average molecular weight is 243 g/mol. The maximum atomic E-state index is 14.0. The highest BCUT2D eigenvalue weighted by molar-refractivity contribution is 5.73. The first-order valence-electron chi connectivity index (χ1n) is 5.34. The predicted octanol–water partition coefficient (Wildman–Crippen LogP) is 1.98. The zero-order chi connectivity index (χ0) is 12.5. The van der Waals surface area contributed by atoms with E-state index in [0.29, 0.717) is 22.6 Å². The van der Waals surface area contributed by atoms with Crippen LogP contribution in [0.3, 0.4) is 0 Å². The van der Waals surface area contributed by atoms with Crippen LogP contribution in [0.2, 0.25) is 0 Å². The molecule has 6 heteroatoms. The van der Waals surface area contributed by atoms with Crippen LogP contribution in [0.4, 0.5) is 10.2 Å². The number of benzene rings is 1. The molecule has 0 atom stereocenters. The molecule has 0 bridgehead atoms. The van der Waals surface area contributed by atoms with Crippen molar-refractivity contribution >= 4 is 5.82 Å². The van der Waals surface area contributed by atoms with Crippen LogP contribution >= 0.6 is 0 Å². The zero-order valence-corrected chi connectivity index (χ0v) is 9.34. The minimum absolute atomic E-state index is 0.364. The largest absolute Gasteiger partial charge is 0.384 e. The molecule has 5 nitrogen and oxygen atoms in total. The van der Waals surface area contributed by atoms with Crippen LogP contribution in [-0.2, 0) is 0 Å². The van der Waals surface area contributed by atoms with Gasteiger partial charge in [-0.1, -0.05) is 6.07 Å². The van der Waals surface area contributed by atoms with Gasteiger partial charge in [0.2, 0.25) is 0 Å². The van der Waals surface area contributed by atoms with Gasteiger partial charge in [-0.25, -0.2) is 9.07 Å². The monoisotopic (exact) mass is 243 g/mol. The van der Waals surface area contributed by atoms with Gasteiger partial charge in [-0.15, -0.1) is 0 Å². The number of H-pyrrole nitrogens is 1. The molecule has 0 radical (unpaired) electrons. The number of aromatic nitrogens is 4. The van der Waals surface area contributed by atoms with Gasteiger partial charge in [0.1, 0.15) is 17.3 Å². The van der Waals surface area contributed by atoms with E-state index in [1.807, 2.05) is 0 Å². The van der Waals surface area contributed by atoms with Gasteiger partial charge >= 0.3 is 0 Å². The first-order chi connectivity index (χ1) is 8.75. The number of anilines is 1. The smallest absolute Gasteiger partial charge is 0.149 e. The van der Waals surface area contributed by atoms with Gasteiger partial charge in [0.05, 0.1) is 6.20 Å². The van der Waals surface area contributed by atoms with E-state index in [1.165, 1.54) is 10.7 Å². The molecule has 0 unspecified atom stereocenters. The van der Waals surface area contributed by atoms with Crippen molar-refractivity contribution in [3.63, 3.8) is 0 Å². The minimum atomic E-state index is -0.364. The highest BCUT2D eigenvalue weighted by Crippen LogP contribution is 2.26. The topological polar surface area (TPSA) is 72.5 Å². The Morgan fingerprint density at radius 2 is 2.22 bits per heavy atom. The quantitative estimate of drug-likeness (QED) is 0.722. The Hall–Kier alpha value is -2.63. The summed E-state index contributed by atoms with van der Waals surface area (Å²) in [4.78, 5) is 0. The number of nitrogen functional groups attached to an aromatic ring is 1. The Labute approximate surface area is 102 Å². The SMILES string of the molecule is Nc1[nH]ncc1-c1ccc(-n2cccn2)c(F)c1. The van der Waals surface area contributed by atoms with Gasteiger partial charge in [-0.2, -0.15) is 10.2 Å². The average Bonchev–Trinajstić information content (AvgIpc) is 2.99. The predicted molar refractivity (Wildman–Crippen MR) is 65.5 cm³/mol. The molecular weight excluding hydrogens is 233 g/mol. The fraction of sp³-hybridized carbons (Fsp3) is 0. The lowest BCUT2D eigenvalue weighted by atomic mass is 10.1. The Balaban J connectivity index is 2.07. The minimum Gasteiger partial charge on any atom is -0.384 e. The molecule has 2 aromatic heterocycles. The van der Waals surface area contributed by atoms with E-state index in [4.69, 9.17) is 5.73 Å². The summed E-state index contributed by atoms with van der Waals surface area (Å²) >= 11 is 0. The van der Waals surface area contributed by atoms with Gasteiger partial charge in [0.25, 0.3) is 0 Å². The third kappa shape index (κ3) is 1.64. The van der Waals surface area contributed by atoms with E-state index in [9.17, 15) is 4.39 Å². The molecule has 90 valence electrons. The summed E-state index contributed by atoms with van der Waals surface area (Å²) < 4.78 is 15.5. The lowest BCUT2D eigenvalue weighted by Gasteiger charge is -2.05. The Bertz CT molecular complexity index is 672. The van der Waals surface area contributed by atoms with Crippen LogP contribution in [0.1, 0.15) is 0 Å². The van der Waals surface area contributed by atoms with E-state index in [0.717, 1.165) is 0 Å². The maximum absolute atomic E-state index is 14.0. The number of nitrogens with two attached hydrogens (primary N) is 1. The van der Waals surface area contributed by atoms with E-state index in [-0.39, 0.29) is 5.82 Å². The van der Waals surface area contributed by atoms with Crippen LogP contribution in [0, 0.1) is 5.82 Å². The summed E-state index contributed by atoms with van der Waals surface area (Å²) in [5.74, 6) is 0.0537. The third-order valence-electron chi connectivity index (χ3n) is 2.68. The van der Waals surface area contributed by atoms with E-state index >= 15 is 0 Å². The van der Waals surface area contributed by atoms with E-state index in [1.54, 1.807) is 36.8 Å². The molecule has 1 aromatic carbocycles. The number of aromatic amines is 1. The number of halogens is 1. The molecule has 2 heterocycles. The summed E-state index contributed by atoms with van der Waals surface area (Å²) in [6.07, 6.45) is 4.85. The fourth-order valence-corrected chi connectivity index (χ4v) is 1.80. The molecule has 3 rings (SSSR count). The van der Waals surface area contributed by atoms with Crippen LogP contribution in [0.15, 0.2) is 42.9 Å². The van der Waals surface area contributed by atoms with Crippen LogP contribution in [0.25, 0.3) is 16.8 Å². The zero-order valence-electron chi connectivity index (χ0n) is 9.34. The first-order valence-corrected chi connectivity index (χ1v) is 5.34. The molecule has 3 N–H and O–H groups in total. The van der Waals surface area contributed by atoms with E-state index in [2.05, 4.69) is 15.3 Å². The Morgan fingerprint density at radius 3 is 2.83 bits per heavy atom. The summed E-state index contributed by atoms with van der Waals surface area (Å²) in [5.41, 5.74) is 7.45. The molecule has 18 heavy (non-hydrogen) atoms. The summed E-state index contributed by atoms with van der Waals surface area (Å²) in [6, 6.07) is 6.59. The van der Waals surface area contributed by atoms with Crippen LogP contribution in [-0.4, -0.2) is 20.0 Å². The molecule has 0 fully saturated rings. The van der Waals surface area contributed by atoms with Gasteiger partial charge in [-0.3, -0.25) is 5.10 Å². The lowest BCUT2D eigenvalue weighted by molar-refractivity contribution is 0.611. The fourth-order valence-electron chi connectivity index (χ4n) is 1.80. The molecular formula is C12H10FN5. The number of nitrogens with one attached hydrogen (secondary N) is 1. The van der Waals surface area contributed by atoms with Crippen LogP contribution in [0.5, 0.6) is 0 Å². The molecule has 0 aliphatic carbocycles. The third-order valence-corrected chi connectivity index (χ3v) is 2.68. The highest BCUT2D eigenvalue weighted by Gasteiger charge is 2.09. The van der Waals surface area contributed by atoms with Crippen molar-refractivity contribution in [2.24, 2.45) is 0 Å². The summed E-state index contributed by atoms with van der Waals surface area (Å²) in [7, 11) is 0. The second-order valence-corrected chi connectivity index (χ2v) is 3.81. The second-order valence-electron chi connectivity index (χ2n) is 3.81. The molecule has 3 aromatic rings. The standard InChI is InChI=1S/C12H10FN5/c13-10-6-8(9-7-15-17-12(9)14)2-3-11(10)18-5-1-4-16-18/h1-7H,(H3,14,15,17). The van der Waals surface area contributed by atoms with Crippen molar-refractivity contribution in [3.05, 3.63) is 48.7 Å². The number of nitrogens with zero attached hydrogens (tertiary/aromatic N) is 3. The Morgan fingerprint density at radius 1 is 1.33 bits per heavy atom. The maximum Gasteiger partial charge on any atom is 0.149 e. The number of rotatable bonds is 2. The lowest BCUT2D eigenvalue weighted by Crippen LogP contribution is -1.98. The van der Waals surface area contributed by atoms with Crippen molar-refractivity contribution in [1.29, 1.82) is 0 Å². The molecule has 0 amide bonds. The molecule has 0 saturated carbocycles. The van der Waals surface area contributed by atoms with Gasteiger partial charge in [-0.05, 0) is 23.8 Å². The molecule has 0 spiro atoms. The van der Waals surface area contributed by atoms with Gasteiger partial charge in [0.15, 0.2) is 0 Å².